The van der Waals surface area contributed by atoms with Crippen LogP contribution in [0.25, 0.3) is 0 Å². The average Bonchev–Trinajstić information content (AvgIpc) is 2.93. The summed E-state index contributed by atoms with van der Waals surface area (Å²) in [7, 11) is 0. The normalized spacial score (nSPS) is 11.9. The van der Waals surface area contributed by atoms with E-state index in [1.807, 2.05) is 30.3 Å². The van der Waals surface area contributed by atoms with Crippen LogP contribution in [0.2, 0.25) is 0 Å². The van der Waals surface area contributed by atoms with Gasteiger partial charge < -0.3 is 11.1 Å². The Hall–Kier alpha value is -1.58. The Kier molecular flexibility index (Phi) is 6.22. The fourth-order valence-corrected chi connectivity index (χ4v) is 4.31. The summed E-state index contributed by atoms with van der Waals surface area (Å²) in [5.41, 5.74) is 5.84. The van der Waals surface area contributed by atoms with E-state index in [0.29, 0.717) is 8.68 Å². The van der Waals surface area contributed by atoms with Crippen molar-refractivity contribution in [1.82, 2.24) is 10.2 Å². The lowest BCUT2D eigenvalue weighted by atomic mass is 10.3. The molecule has 3 N–H and O–H groups in total. The van der Waals surface area contributed by atoms with Crippen LogP contribution in [-0.2, 0) is 9.59 Å². The molecule has 0 saturated carbocycles. The van der Waals surface area contributed by atoms with Crippen LogP contribution in [0.5, 0.6) is 0 Å². The van der Waals surface area contributed by atoms with Gasteiger partial charge in [0.1, 0.15) is 0 Å². The number of thioether (sulfide) groups is 2. The first kappa shape index (κ1) is 16.8. The monoisotopic (exact) mass is 354 g/mol. The smallest absolute Gasteiger partial charge is 0.237 e. The number of rotatable bonds is 7. The molecular weight excluding hydrogens is 340 g/mol. The van der Waals surface area contributed by atoms with Gasteiger partial charge in [-0.1, -0.05) is 53.1 Å². The second-order valence-electron chi connectivity index (χ2n) is 4.20. The van der Waals surface area contributed by atoms with Crippen LogP contribution in [0.15, 0.2) is 39.0 Å². The number of primary amides is 1. The number of benzene rings is 1. The Morgan fingerprint density at radius 2 is 1.95 bits per heavy atom. The lowest BCUT2D eigenvalue weighted by molar-refractivity contribution is -0.116. The number of aromatic nitrogens is 2. The van der Waals surface area contributed by atoms with E-state index < -0.39 is 5.91 Å². The molecule has 0 fully saturated rings. The number of nitrogens with zero attached hydrogens (tertiary/aromatic N) is 2. The number of hydrogen-bond donors (Lipinski definition) is 2. The van der Waals surface area contributed by atoms with Crippen molar-refractivity contribution < 1.29 is 9.59 Å². The van der Waals surface area contributed by atoms with Gasteiger partial charge in [-0.2, -0.15) is 0 Å². The highest BCUT2D eigenvalue weighted by atomic mass is 32.2. The number of nitrogens with one attached hydrogen (secondary N) is 1. The molecule has 22 heavy (non-hydrogen) atoms. The average molecular weight is 354 g/mol. The van der Waals surface area contributed by atoms with Crippen LogP contribution in [-0.4, -0.2) is 33.0 Å². The second kappa shape index (κ2) is 8.16. The third-order valence-corrected chi connectivity index (χ3v) is 5.68. The molecular formula is C13H14N4O2S3. The molecule has 0 aliphatic carbocycles. The minimum Gasteiger partial charge on any atom is -0.369 e. The maximum Gasteiger partial charge on any atom is 0.237 e. The minimum atomic E-state index is -0.398. The second-order valence-corrected chi connectivity index (χ2v) is 7.99. The lowest BCUT2D eigenvalue weighted by Crippen LogP contribution is -2.22. The summed E-state index contributed by atoms with van der Waals surface area (Å²) in [6.07, 6.45) is 0. The van der Waals surface area contributed by atoms with Gasteiger partial charge in [-0.15, -0.1) is 10.2 Å². The highest BCUT2D eigenvalue weighted by Crippen LogP contribution is 2.31. The standard InChI is InChI=1S/C13H14N4O2S3/c1-8(11(19)15-9-5-3-2-4-6-9)21-13-17-16-12(22-13)20-7-10(14)18/h2-6,8H,7H2,1H3,(H2,14,18)(H,15,19)/t8-/m0/s1. The van der Waals surface area contributed by atoms with Gasteiger partial charge in [-0.05, 0) is 19.1 Å². The molecule has 1 aromatic carbocycles. The number of nitrogens with two attached hydrogens (primary N) is 1. The molecule has 2 aromatic rings. The third-order valence-electron chi connectivity index (χ3n) is 2.41. The quantitative estimate of drug-likeness (QED) is 0.740. The molecule has 2 amide bonds. The van der Waals surface area contributed by atoms with Gasteiger partial charge in [0.15, 0.2) is 8.68 Å². The summed E-state index contributed by atoms with van der Waals surface area (Å²) < 4.78 is 1.35. The number of hydrogen-bond acceptors (Lipinski definition) is 7. The van der Waals surface area contributed by atoms with Crippen molar-refractivity contribution in [1.29, 1.82) is 0 Å². The van der Waals surface area contributed by atoms with Crippen molar-refractivity contribution in [3.8, 4) is 0 Å². The van der Waals surface area contributed by atoms with Crippen molar-refractivity contribution in [2.75, 3.05) is 11.1 Å². The molecule has 0 bridgehead atoms. The fraction of sp³-hybridized carbons (Fsp3) is 0.231. The maximum absolute atomic E-state index is 12.1. The van der Waals surface area contributed by atoms with E-state index in [-0.39, 0.29) is 16.9 Å². The SMILES string of the molecule is C[C@H](Sc1nnc(SCC(N)=O)s1)C(=O)Nc1ccccc1. The Balaban J connectivity index is 1.87. The first-order valence-electron chi connectivity index (χ1n) is 6.32. The van der Waals surface area contributed by atoms with E-state index in [2.05, 4.69) is 15.5 Å². The molecule has 0 spiro atoms. The van der Waals surface area contributed by atoms with Crippen molar-refractivity contribution >= 4 is 52.4 Å². The maximum atomic E-state index is 12.1. The Labute approximate surface area is 140 Å². The first-order valence-corrected chi connectivity index (χ1v) is 9.00. The molecule has 1 heterocycles. The molecule has 0 unspecified atom stereocenters. The van der Waals surface area contributed by atoms with Crippen LogP contribution in [0.1, 0.15) is 6.92 Å². The summed E-state index contributed by atoms with van der Waals surface area (Å²) in [5.74, 6) is -0.327. The number of amides is 2. The van der Waals surface area contributed by atoms with Gasteiger partial charge in [0, 0.05) is 5.69 Å². The topological polar surface area (TPSA) is 98.0 Å². The predicted molar refractivity (Wildman–Crippen MR) is 90.2 cm³/mol. The van der Waals surface area contributed by atoms with Crippen molar-refractivity contribution in [2.45, 2.75) is 20.9 Å². The number of para-hydroxylation sites is 1. The number of anilines is 1. The number of carbonyl (C=O) groups excluding carboxylic acids is 2. The summed E-state index contributed by atoms with van der Waals surface area (Å²) in [6.45, 7) is 1.81. The van der Waals surface area contributed by atoms with E-state index in [1.54, 1.807) is 6.92 Å². The van der Waals surface area contributed by atoms with Gasteiger partial charge in [0.25, 0.3) is 0 Å². The highest BCUT2D eigenvalue weighted by Gasteiger charge is 2.17. The Morgan fingerprint density at radius 1 is 1.27 bits per heavy atom. The van der Waals surface area contributed by atoms with Crippen molar-refractivity contribution in [3.63, 3.8) is 0 Å². The van der Waals surface area contributed by atoms with Crippen molar-refractivity contribution in [2.24, 2.45) is 5.73 Å². The van der Waals surface area contributed by atoms with Gasteiger partial charge in [-0.3, -0.25) is 9.59 Å². The van der Waals surface area contributed by atoms with E-state index >= 15 is 0 Å². The largest absolute Gasteiger partial charge is 0.369 e. The summed E-state index contributed by atoms with van der Waals surface area (Å²) in [6, 6.07) is 9.28. The molecule has 1 aromatic heterocycles. The minimum absolute atomic E-state index is 0.0993. The summed E-state index contributed by atoms with van der Waals surface area (Å²) in [4.78, 5) is 22.8. The van der Waals surface area contributed by atoms with Crippen LogP contribution in [0.4, 0.5) is 5.69 Å². The molecule has 0 aliphatic rings. The fourth-order valence-electron chi connectivity index (χ4n) is 1.41. The summed E-state index contributed by atoms with van der Waals surface area (Å²) >= 11 is 3.92. The van der Waals surface area contributed by atoms with Gasteiger partial charge >= 0.3 is 0 Å². The zero-order valence-corrected chi connectivity index (χ0v) is 14.1. The highest BCUT2D eigenvalue weighted by molar-refractivity contribution is 8.04. The van der Waals surface area contributed by atoms with Crippen LogP contribution in [0, 0.1) is 0 Å². The molecule has 0 saturated heterocycles. The third kappa shape index (κ3) is 5.32. The zero-order chi connectivity index (χ0) is 15.9. The van der Waals surface area contributed by atoms with E-state index in [1.165, 1.54) is 34.9 Å². The molecule has 0 radical (unpaired) electrons. The van der Waals surface area contributed by atoms with E-state index in [9.17, 15) is 9.59 Å². The van der Waals surface area contributed by atoms with Gasteiger partial charge in [0.2, 0.25) is 11.8 Å². The molecule has 1 atom stereocenters. The van der Waals surface area contributed by atoms with Gasteiger partial charge in [0.05, 0.1) is 11.0 Å². The lowest BCUT2D eigenvalue weighted by Gasteiger charge is -2.09. The molecule has 6 nitrogen and oxygen atoms in total. The number of carbonyl (C=O) groups is 2. The first-order chi connectivity index (χ1) is 10.5. The zero-order valence-electron chi connectivity index (χ0n) is 11.7. The van der Waals surface area contributed by atoms with Crippen molar-refractivity contribution in [3.05, 3.63) is 30.3 Å². The molecule has 9 heteroatoms. The Bertz CT molecular complexity index is 648. The predicted octanol–water partition coefficient (Wildman–Crippen LogP) is 2.23. The molecule has 0 aliphatic heterocycles. The van der Waals surface area contributed by atoms with Gasteiger partial charge in [-0.25, -0.2) is 0 Å². The van der Waals surface area contributed by atoms with Crippen LogP contribution >= 0.6 is 34.9 Å². The Morgan fingerprint density at radius 3 is 2.64 bits per heavy atom. The van der Waals surface area contributed by atoms with E-state index in [4.69, 9.17) is 5.73 Å². The van der Waals surface area contributed by atoms with Crippen LogP contribution < -0.4 is 11.1 Å². The molecule has 116 valence electrons. The molecule has 2 rings (SSSR count). The van der Waals surface area contributed by atoms with Crippen LogP contribution in [0.3, 0.4) is 0 Å². The van der Waals surface area contributed by atoms with E-state index in [0.717, 1.165) is 5.69 Å². The summed E-state index contributed by atoms with van der Waals surface area (Å²) in [5, 5.41) is 10.5.